The van der Waals surface area contributed by atoms with Crippen LogP contribution in [0, 0.1) is 0 Å². The molecule has 0 aliphatic rings. The quantitative estimate of drug-likeness (QED) is 0.210. The third kappa shape index (κ3) is 9.59. The first kappa shape index (κ1) is 28.7. The minimum absolute atomic E-state index is 0.00621. The summed E-state index contributed by atoms with van der Waals surface area (Å²) >= 11 is 1.47. The second-order valence-electron chi connectivity index (χ2n) is 8.13. The number of carbonyl (C=O) groups is 4. The van der Waals surface area contributed by atoms with Gasteiger partial charge in [-0.2, -0.15) is 11.8 Å². The number of aromatic hydroxyl groups is 1. The molecule has 36 heavy (non-hydrogen) atoms. The molecule has 3 amide bonds. The average Bonchev–Trinajstić information content (AvgIpc) is 2.87. The van der Waals surface area contributed by atoms with Crippen LogP contribution in [0.25, 0.3) is 0 Å². The number of nitrogens with one attached hydrogen (secondary N) is 3. The van der Waals surface area contributed by atoms with Crippen LogP contribution in [0.2, 0.25) is 0 Å². The van der Waals surface area contributed by atoms with E-state index in [1.54, 1.807) is 12.1 Å². The maximum Gasteiger partial charge on any atom is 0.326 e. The smallest absolute Gasteiger partial charge is 0.326 e. The van der Waals surface area contributed by atoms with Gasteiger partial charge in [0.05, 0.1) is 6.54 Å². The molecule has 0 heterocycles. The average molecular weight is 517 g/mol. The van der Waals surface area contributed by atoms with Gasteiger partial charge in [-0.05, 0) is 41.7 Å². The van der Waals surface area contributed by atoms with E-state index in [9.17, 15) is 29.4 Å². The van der Waals surface area contributed by atoms with E-state index < -0.39 is 41.8 Å². The Hall–Kier alpha value is -3.57. The van der Waals surface area contributed by atoms with Crippen LogP contribution in [-0.2, 0) is 32.0 Å². The van der Waals surface area contributed by atoms with Crippen LogP contribution in [0.5, 0.6) is 5.75 Å². The molecule has 3 atom stereocenters. The summed E-state index contributed by atoms with van der Waals surface area (Å²) in [7, 11) is 0. The van der Waals surface area contributed by atoms with E-state index in [0.717, 1.165) is 5.56 Å². The maximum atomic E-state index is 13.1. The number of benzene rings is 2. The van der Waals surface area contributed by atoms with Crippen LogP contribution in [0.3, 0.4) is 0 Å². The molecular formula is C25H32N4O6S. The molecule has 0 spiro atoms. The summed E-state index contributed by atoms with van der Waals surface area (Å²) in [6, 6.07) is 11.8. The Bertz CT molecular complexity index is 1020. The van der Waals surface area contributed by atoms with Gasteiger partial charge >= 0.3 is 5.97 Å². The number of aliphatic carboxylic acids is 1. The number of nitrogens with two attached hydrogens (primary N) is 1. The molecule has 11 heteroatoms. The van der Waals surface area contributed by atoms with Gasteiger partial charge in [0, 0.05) is 12.8 Å². The number of carboxylic acids is 1. The molecule has 0 bridgehead atoms. The zero-order chi connectivity index (χ0) is 26.5. The maximum absolute atomic E-state index is 13.1. The van der Waals surface area contributed by atoms with E-state index >= 15 is 0 Å². The molecular weight excluding hydrogens is 484 g/mol. The first-order chi connectivity index (χ1) is 17.2. The summed E-state index contributed by atoms with van der Waals surface area (Å²) in [6.45, 7) is -0.299. The third-order valence-corrected chi connectivity index (χ3v) is 6.00. The fourth-order valence-electron chi connectivity index (χ4n) is 3.43. The van der Waals surface area contributed by atoms with Gasteiger partial charge in [-0.25, -0.2) is 4.79 Å². The van der Waals surface area contributed by atoms with E-state index in [1.165, 1.54) is 23.9 Å². The monoisotopic (exact) mass is 516 g/mol. The highest BCUT2D eigenvalue weighted by Gasteiger charge is 2.29. The molecule has 0 fully saturated rings. The number of thioether (sulfide) groups is 1. The summed E-state index contributed by atoms with van der Waals surface area (Å²) in [5.74, 6) is -2.40. The number of phenolic OH excluding ortho intramolecular Hbond substituents is 1. The van der Waals surface area contributed by atoms with E-state index in [-0.39, 0.29) is 31.6 Å². The van der Waals surface area contributed by atoms with Gasteiger partial charge in [0.25, 0.3) is 0 Å². The van der Waals surface area contributed by atoms with E-state index in [0.29, 0.717) is 11.3 Å². The first-order valence-electron chi connectivity index (χ1n) is 11.4. The van der Waals surface area contributed by atoms with Crippen LogP contribution < -0.4 is 21.7 Å². The van der Waals surface area contributed by atoms with Crippen LogP contribution in [0.4, 0.5) is 0 Å². The van der Waals surface area contributed by atoms with Crippen LogP contribution in [-0.4, -0.2) is 70.6 Å². The second kappa shape index (κ2) is 14.7. The van der Waals surface area contributed by atoms with Crippen molar-refractivity contribution in [1.29, 1.82) is 0 Å². The molecule has 0 saturated carbocycles. The van der Waals surface area contributed by atoms with Crippen molar-refractivity contribution >= 4 is 35.5 Å². The molecule has 0 aliphatic carbocycles. The topological polar surface area (TPSA) is 171 Å². The number of carboxylic acid groups (broad SMARTS) is 1. The number of hydrogen-bond donors (Lipinski definition) is 6. The standard InChI is InChI=1S/C25H32N4O6S/c1-36-12-11-19(23(32)29-21(25(34)35)14-17-7-9-18(30)10-8-17)28-24(33)20(27-22(31)15-26)13-16-5-3-2-4-6-16/h2-10,19-21,30H,11-15,26H2,1H3,(H,27,31)(H,28,33)(H,29,32)(H,34,35). The number of hydrogen-bond acceptors (Lipinski definition) is 7. The molecule has 0 aromatic heterocycles. The molecule has 2 aromatic carbocycles. The fourth-order valence-corrected chi connectivity index (χ4v) is 3.90. The Labute approximate surface area is 214 Å². The van der Waals surface area contributed by atoms with Crippen molar-refractivity contribution < 1.29 is 29.4 Å². The molecule has 0 aliphatic heterocycles. The number of carbonyl (C=O) groups excluding carboxylic acids is 3. The van der Waals surface area contributed by atoms with Gasteiger partial charge in [-0.1, -0.05) is 42.5 Å². The highest BCUT2D eigenvalue weighted by atomic mass is 32.2. The van der Waals surface area contributed by atoms with Crippen molar-refractivity contribution in [3.05, 3.63) is 65.7 Å². The fraction of sp³-hybridized carbons (Fsp3) is 0.360. The molecule has 0 radical (unpaired) electrons. The SMILES string of the molecule is CSCCC(NC(=O)C(Cc1ccccc1)NC(=O)CN)C(=O)NC(Cc1ccc(O)cc1)C(=O)O. The van der Waals surface area contributed by atoms with Crippen LogP contribution in [0.1, 0.15) is 17.5 Å². The number of phenols is 1. The molecule has 194 valence electrons. The minimum atomic E-state index is -1.24. The van der Waals surface area contributed by atoms with E-state index in [1.807, 2.05) is 36.6 Å². The number of amides is 3. The van der Waals surface area contributed by atoms with Crippen molar-refractivity contribution in [3.8, 4) is 5.75 Å². The Morgan fingerprint density at radius 1 is 0.833 bits per heavy atom. The van der Waals surface area contributed by atoms with Crippen LogP contribution in [0.15, 0.2) is 54.6 Å². The Morgan fingerprint density at radius 2 is 1.39 bits per heavy atom. The van der Waals surface area contributed by atoms with Crippen LogP contribution >= 0.6 is 11.8 Å². The predicted molar refractivity (Wildman–Crippen MR) is 137 cm³/mol. The Balaban J connectivity index is 2.15. The van der Waals surface area contributed by atoms with Gasteiger partial charge < -0.3 is 31.9 Å². The number of rotatable bonds is 14. The van der Waals surface area contributed by atoms with Crippen molar-refractivity contribution in [1.82, 2.24) is 16.0 Å². The summed E-state index contributed by atoms with van der Waals surface area (Å²) in [6.07, 6.45) is 2.29. The van der Waals surface area contributed by atoms with Crippen molar-refractivity contribution in [2.45, 2.75) is 37.4 Å². The van der Waals surface area contributed by atoms with Gasteiger partial charge in [-0.3, -0.25) is 14.4 Å². The van der Waals surface area contributed by atoms with Crippen molar-refractivity contribution in [2.24, 2.45) is 5.73 Å². The summed E-state index contributed by atoms with van der Waals surface area (Å²) in [5, 5.41) is 26.8. The first-order valence-corrected chi connectivity index (χ1v) is 12.8. The van der Waals surface area contributed by atoms with Gasteiger partial charge in [0.2, 0.25) is 17.7 Å². The summed E-state index contributed by atoms with van der Waals surface area (Å²) in [5.41, 5.74) is 6.82. The zero-order valence-corrected chi connectivity index (χ0v) is 20.8. The van der Waals surface area contributed by atoms with E-state index in [4.69, 9.17) is 5.73 Å². The summed E-state index contributed by atoms with van der Waals surface area (Å²) in [4.78, 5) is 49.9. The predicted octanol–water partition coefficient (Wildman–Crippen LogP) is 0.428. The van der Waals surface area contributed by atoms with Crippen molar-refractivity contribution in [2.75, 3.05) is 18.6 Å². The van der Waals surface area contributed by atoms with Gasteiger partial charge in [-0.15, -0.1) is 0 Å². The molecule has 7 N–H and O–H groups in total. The molecule has 3 unspecified atom stereocenters. The lowest BCUT2D eigenvalue weighted by atomic mass is 10.0. The van der Waals surface area contributed by atoms with Gasteiger partial charge in [0.1, 0.15) is 23.9 Å². The normalized spacial score (nSPS) is 13.2. The van der Waals surface area contributed by atoms with Gasteiger partial charge in [0.15, 0.2) is 0 Å². The zero-order valence-electron chi connectivity index (χ0n) is 20.0. The molecule has 0 saturated heterocycles. The summed E-state index contributed by atoms with van der Waals surface area (Å²) < 4.78 is 0. The Morgan fingerprint density at radius 3 is 1.97 bits per heavy atom. The Kier molecular flexibility index (Phi) is 11.7. The molecule has 10 nitrogen and oxygen atoms in total. The van der Waals surface area contributed by atoms with Crippen molar-refractivity contribution in [3.63, 3.8) is 0 Å². The van der Waals surface area contributed by atoms with E-state index in [2.05, 4.69) is 16.0 Å². The molecule has 2 rings (SSSR count). The lowest BCUT2D eigenvalue weighted by Gasteiger charge is -2.24. The largest absolute Gasteiger partial charge is 0.508 e. The molecule has 2 aromatic rings. The highest BCUT2D eigenvalue weighted by molar-refractivity contribution is 7.98. The lowest BCUT2D eigenvalue weighted by molar-refractivity contribution is -0.142. The second-order valence-corrected chi connectivity index (χ2v) is 9.11. The lowest BCUT2D eigenvalue weighted by Crippen LogP contribution is -2.57. The highest BCUT2D eigenvalue weighted by Crippen LogP contribution is 2.12. The third-order valence-electron chi connectivity index (χ3n) is 5.35. The minimum Gasteiger partial charge on any atom is -0.508 e.